The number of likely N-dealkylation sites (N-methyl/N-ethyl adjacent to an activating group) is 1. The van der Waals surface area contributed by atoms with Crippen molar-refractivity contribution in [3.63, 3.8) is 0 Å². The largest absolute Gasteiger partial charge is 0.314 e. The highest BCUT2D eigenvalue weighted by molar-refractivity contribution is 6.30. The van der Waals surface area contributed by atoms with Gasteiger partial charge in [0, 0.05) is 11.1 Å². The lowest BCUT2D eigenvalue weighted by Crippen LogP contribution is -2.31. The van der Waals surface area contributed by atoms with Crippen molar-refractivity contribution in [3.8, 4) is 0 Å². The van der Waals surface area contributed by atoms with E-state index in [0.717, 1.165) is 18.5 Å². The third kappa shape index (κ3) is 6.71. The Bertz CT molecular complexity index is 381. The zero-order valence-electron chi connectivity index (χ0n) is 12.7. The molecule has 0 aliphatic carbocycles. The molecule has 0 saturated heterocycles. The van der Waals surface area contributed by atoms with Gasteiger partial charge in [-0.1, -0.05) is 57.6 Å². The maximum atomic E-state index is 13.8. The lowest BCUT2D eigenvalue weighted by molar-refractivity contribution is 0.453. The SMILES string of the molecule is CCCCCCCC(Cc1cc(Cl)ccc1F)NCC. The summed E-state index contributed by atoms with van der Waals surface area (Å²) < 4.78 is 13.8. The fourth-order valence-corrected chi connectivity index (χ4v) is 2.72. The molecular formula is C17H27ClFN. The quantitative estimate of drug-likeness (QED) is 0.573. The van der Waals surface area contributed by atoms with E-state index in [9.17, 15) is 4.39 Å². The molecule has 0 aromatic heterocycles. The van der Waals surface area contributed by atoms with Crippen molar-refractivity contribution in [1.29, 1.82) is 0 Å². The Morgan fingerprint density at radius 2 is 1.90 bits per heavy atom. The second kappa shape index (κ2) is 10.2. The summed E-state index contributed by atoms with van der Waals surface area (Å²) in [7, 11) is 0. The third-order valence-electron chi connectivity index (χ3n) is 3.62. The van der Waals surface area contributed by atoms with Crippen LogP contribution in [0.5, 0.6) is 0 Å². The van der Waals surface area contributed by atoms with Crippen molar-refractivity contribution in [2.24, 2.45) is 0 Å². The van der Waals surface area contributed by atoms with Gasteiger partial charge in [0.2, 0.25) is 0 Å². The monoisotopic (exact) mass is 299 g/mol. The average molecular weight is 300 g/mol. The second-order valence-electron chi connectivity index (χ2n) is 5.40. The number of halogens is 2. The van der Waals surface area contributed by atoms with Gasteiger partial charge in [-0.25, -0.2) is 4.39 Å². The van der Waals surface area contributed by atoms with Gasteiger partial charge in [-0.05, 0) is 43.1 Å². The molecular weight excluding hydrogens is 273 g/mol. The Hall–Kier alpha value is -0.600. The summed E-state index contributed by atoms with van der Waals surface area (Å²) in [5.74, 6) is -0.150. The Morgan fingerprint density at radius 3 is 2.60 bits per heavy atom. The van der Waals surface area contributed by atoms with Crippen molar-refractivity contribution in [1.82, 2.24) is 5.32 Å². The van der Waals surface area contributed by atoms with Crippen molar-refractivity contribution >= 4 is 11.6 Å². The number of nitrogens with one attached hydrogen (secondary N) is 1. The molecule has 1 nitrogen and oxygen atoms in total. The molecule has 3 heteroatoms. The predicted octanol–water partition coefficient (Wildman–Crippen LogP) is 5.36. The van der Waals surface area contributed by atoms with Gasteiger partial charge in [0.15, 0.2) is 0 Å². The predicted molar refractivity (Wildman–Crippen MR) is 86.0 cm³/mol. The molecule has 0 radical (unpaired) electrons. The van der Waals surface area contributed by atoms with Crippen LogP contribution in [0.25, 0.3) is 0 Å². The molecule has 0 aliphatic rings. The van der Waals surface area contributed by atoms with Gasteiger partial charge in [0.1, 0.15) is 5.82 Å². The summed E-state index contributed by atoms with van der Waals surface area (Å²) in [5, 5.41) is 4.07. The molecule has 20 heavy (non-hydrogen) atoms. The van der Waals surface area contributed by atoms with E-state index < -0.39 is 0 Å². The van der Waals surface area contributed by atoms with Crippen LogP contribution in [-0.2, 0) is 6.42 Å². The standard InChI is InChI=1S/C17H27ClFN/c1-3-5-6-7-8-9-16(20-4-2)13-14-12-15(18)10-11-17(14)19/h10-12,16,20H,3-9,13H2,1-2H3. The van der Waals surface area contributed by atoms with Gasteiger partial charge in [-0.3, -0.25) is 0 Å². The van der Waals surface area contributed by atoms with Crippen LogP contribution in [0.15, 0.2) is 18.2 Å². The molecule has 1 atom stereocenters. The minimum atomic E-state index is -0.150. The van der Waals surface area contributed by atoms with E-state index in [0.29, 0.717) is 17.5 Å². The first kappa shape index (κ1) is 17.5. The zero-order chi connectivity index (χ0) is 14.8. The summed E-state index contributed by atoms with van der Waals surface area (Å²) in [6.07, 6.45) is 8.19. The van der Waals surface area contributed by atoms with Crippen LogP contribution in [-0.4, -0.2) is 12.6 Å². The number of hydrogen-bond donors (Lipinski definition) is 1. The highest BCUT2D eigenvalue weighted by atomic mass is 35.5. The van der Waals surface area contributed by atoms with Crippen LogP contribution in [0.3, 0.4) is 0 Å². The number of benzene rings is 1. The van der Waals surface area contributed by atoms with E-state index in [1.807, 2.05) is 0 Å². The Labute approximate surface area is 127 Å². The fourth-order valence-electron chi connectivity index (χ4n) is 2.52. The average Bonchev–Trinajstić information content (AvgIpc) is 2.42. The van der Waals surface area contributed by atoms with Gasteiger partial charge >= 0.3 is 0 Å². The van der Waals surface area contributed by atoms with Crippen molar-refractivity contribution in [2.75, 3.05) is 6.54 Å². The molecule has 0 spiro atoms. The molecule has 0 saturated carbocycles. The third-order valence-corrected chi connectivity index (χ3v) is 3.86. The van der Waals surface area contributed by atoms with Crippen molar-refractivity contribution in [2.45, 2.75) is 64.8 Å². The summed E-state index contributed by atoms with van der Waals surface area (Å²) in [4.78, 5) is 0. The lowest BCUT2D eigenvalue weighted by Gasteiger charge is -2.18. The summed E-state index contributed by atoms with van der Waals surface area (Å²) >= 11 is 5.95. The highest BCUT2D eigenvalue weighted by Gasteiger charge is 2.11. The van der Waals surface area contributed by atoms with Crippen LogP contribution >= 0.6 is 11.6 Å². The van der Waals surface area contributed by atoms with Crippen LogP contribution in [0.2, 0.25) is 5.02 Å². The Kier molecular flexibility index (Phi) is 8.88. The van der Waals surface area contributed by atoms with Gasteiger partial charge < -0.3 is 5.32 Å². The summed E-state index contributed by atoms with van der Waals surface area (Å²) in [6, 6.07) is 5.16. The van der Waals surface area contributed by atoms with E-state index in [2.05, 4.69) is 19.2 Å². The van der Waals surface area contributed by atoms with Crippen molar-refractivity contribution in [3.05, 3.63) is 34.6 Å². The maximum absolute atomic E-state index is 13.8. The fraction of sp³-hybridized carbons (Fsp3) is 0.647. The van der Waals surface area contributed by atoms with Crippen LogP contribution in [0.4, 0.5) is 4.39 Å². The maximum Gasteiger partial charge on any atom is 0.126 e. The molecule has 1 rings (SSSR count). The topological polar surface area (TPSA) is 12.0 Å². The van der Waals surface area contributed by atoms with Crippen LogP contribution < -0.4 is 5.32 Å². The minimum absolute atomic E-state index is 0.150. The molecule has 0 aliphatic heterocycles. The smallest absolute Gasteiger partial charge is 0.126 e. The normalized spacial score (nSPS) is 12.6. The van der Waals surface area contributed by atoms with Crippen LogP contribution in [0, 0.1) is 5.82 Å². The van der Waals surface area contributed by atoms with E-state index >= 15 is 0 Å². The van der Waals surface area contributed by atoms with Gasteiger partial charge in [-0.15, -0.1) is 0 Å². The van der Waals surface area contributed by atoms with Gasteiger partial charge in [0.05, 0.1) is 0 Å². The Balaban J connectivity index is 2.47. The second-order valence-corrected chi connectivity index (χ2v) is 5.83. The first-order valence-corrected chi connectivity index (χ1v) is 8.22. The molecule has 0 amide bonds. The summed E-state index contributed by atoms with van der Waals surface area (Å²) in [6.45, 7) is 5.24. The van der Waals surface area contributed by atoms with E-state index in [1.165, 1.54) is 38.2 Å². The van der Waals surface area contributed by atoms with Gasteiger partial charge in [-0.2, -0.15) is 0 Å². The number of unbranched alkanes of at least 4 members (excludes halogenated alkanes) is 4. The molecule has 0 fully saturated rings. The number of hydrogen-bond acceptors (Lipinski definition) is 1. The first-order valence-electron chi connectivity index (χ1n) is 7.84. The molecule has 1 aromatic carbocycles. The minimum Gasteiger partial charge on any atom is -0.314 e. The molecule has 0 heterocycles. The number of rotatable bonds is 10. The Morgan fingerprint density at radius 1 is 1.15 bits per heavy atom. The molecule has 1 aromatic rings. The highest BCUT2D eigenvalue weighted by Crippen LogP contribution is 2.18. The van der Waals surface area contributed by atoms with E-state index in [-0.39, 0.29) is 5.82 Å². The molecule has 1 unspecified atom stereocenters. The lowest BCUT2D eigenvalue weighted by atomic mass is 9.99. The van der Waals surface area contributed by atoms with E-state index in [4.69, 9.17) is 11.6 Å². The molecule has 0 bridgehead atoms. The van der Waals surface area contributed by atoms with Crippen LogP contribution in [0.1, 0.15) is 57.9 Å². The molecule has 114 valence electrons. The summed E-state index contributed by atoms with van der Waals surface area (Å²) in [5.41, 5.74) is 0.719. The van der Waals surface area contributed by atoms with Crippen molar-refractivity contribution < 1.29 is 4.39 Å². The van der Waals surface area contributed by atoms with Gasteiger partial charge in [0.25, 0.3) is 0 Å². The zero-order valence-corrected chi connectivity index (χ0v) is 13.5. The first-order chi connectivity index (χ1) is 9.67. The molecule has 1 N–H and O–H groups in total. The van der Waals surface area contributed by atoms with E-state index in [1.54, 1.807) is 12.1 Å².